The molecule has 4 nitrogen and oxygen atoms in total. The van der Waals surface area contributed by atoms with Crippen LogP contribution in [-0.4, -0.2) is 48.3 Å². The number of ether oxygens (including phenoxy) is 1. The summed E-state index contributed by atoms with van der Waals surface area (Å²) in [6.07, 6.45) is 1.17. The Kier molecular flexibility index (Phi) is 5.48. The first-order valence-corrected chi connectivity index (χ1v) is 8.02. The zero-order valence-electron chi connectivity index (χ0n) is 13.4. The van der Waals surface area contributed by atoms with Crippen LogP contribution in [0.1, 0.15) is 35.7 Å². The number of likely N-dealkylation sites (tertiary alicyclic amines) is 1. The van der Waals surface area contributed by atoms with E-state index in [2.05, 4.69) is 0 Å². The normalized spacial score (nSPS) is 25.3. The Morgan fingerprint density at radius 2 is 2.27 bits per heavy atom. The quantitative estimate of drug-likeness (QED) is 0.926. The van der Waals surface area contributed by atoms with Gasteiger partial charge < -0.3 is 14.7 Å². The van der Waals surface area contributed by atoms with Gasteiger partial charge in [0.1, 0.15) is 0 Å². The summed E-state index contributed by atoms with van der Waals surface area (Å²) in [4.78, 5) is 14.5. The number of rotatable bonds is 4. The minimum Gasteiger partial charge on any atom is -0.389 e. The number of benzene rings is 1. The van der Waals surface area contributed by atoms with Gasteiger partial charge in [-0.05, 0) is 37.5 Å². The highest BCUT2D eigenvalue weighted by Gasteiger charge is 2.40. The van der Waals surface area contributed by atoms with Crippen molar-refractivity contribution in [2.24, 2.45) is 5.92 Å². The highest BCUT2D eigenvalue weighted by Crippen LogP contribution is 2.32. The van der Waals surface area contributed by atoms with Crippen LogP contribution in [0.3, 0.4) is 0 Å². The molecule has 1 heterocycles. The van der Waals surface area contributed by atoms with Crippen molar-refractivity contribution in [2.75, 3.05) is 26.8 Å². The molecule has 0 unspecified atom stereocenters. The second-order valence-electron chi connectivity index (χ2n) is 6.21. The van der Waals surface area contributed by atoms with E-state index in [0.717, 1.165) is 5.56 Å². The zero-order chi connectivity index (χ0) is 16.3. The van der Waals surface area contributed by atoms with E-state index in [0.29, 0.717) is 43.1 Å². The van der Waals surface area contributed by atoms with Crippen LogP contribution in [0, 0.1) is 12.8 Å². The van der Waals surface area contributed by atoms with Gasteiger partial charge in [0, 0.05) is 43.3 Å². The number of amides is 1. The lowest BCUT2D eigenvalue weighted by molar-refractivity contribution is -0.0750. The maximum atomic E-state index is 12.7. The molecule has 0 bridgehead atoms. The molecule has 122 valence electrons. The van der Waals surface area contributed by atoms with Gasteiger partial charge in [-0.25, -0.2) is 0 Å². The van der Waals surface area contributed by atoms with E-state index in [1.54, 1.807) is 19.2 Å². The van der Waals surface area contributed by atoms with Gasteiger partial charge in [-0.15, -0.1) is 0 Å². The van der Waals surface area contributed by atoms with Crippen LogP contribution < -0.4 is 0 Å². The fraction of sp³-hybridized carbons (Fsp3) is 0.588. The van der Waals surface area contributed by atoms with Crippen molar-refractivity contribution in [3.05, 3.63) is 34.3 Å². The molecule has 5 heteroatoms. The number of hydrogen-bond donors (Lipinski definition) is 1. The molecule has 1 saturated heterocycles. The van der Waals surface area contributed by atoms with Crippen molar-refractivity contribution in [2.45, 2.75) is 32.3 Å². The number of aryl methyl sites for hydroxylation is 1. The van der Waals surface area contributed by atoms with Gasteiger partial charge in [0.25, 0.3) is 5.91 Å². The van der Waals surface area contributed by atoms with Crippen LogP contribution in [0.15, 0.2) is 18.2 Å². The van der Waals surface area contributed by atoms with Gasteiger partial charge in [-0.2, -0.15) is 0 Å². The number of carbonyl (C=O) groups is 1. The highest BCUT2D eigenvalue weighted by molar-refractivity contribution is 6.31. The van der Waals surface area contributed by atoms with Crippen molar-refractivity contribution in [1.82, 2.24) is 4.90 Å². The predicted octanol–water partition coefficient (Wildman–Crippen LogP) is 2.90. The molecule has 2 atom stereocenters. The van der Waals surface area contributed by atoms with Gasteiger partial charge in [0.2, 0.25) is 0 Å². The summed E-state index contributed by atoms with van der Waals surface area (Å²) in [5, 5.41) is 11.3. The molecule has 1 fully saturated rings. The first kappa shape index (κ1) is 17.3. The molecule has 0 aliphatic carbocycles. The molecule has 1 aliphatic heterocycles. The van der Waals surface area contributed by atoms with Crippen molar-refractivity contribution in [3.8, 4) is 0 Å². The molecule has 1 amide bonds. The Morgan fingerprint density at radius 1 is 1.55 bits per heavy atom. The Morgan fingerprint density at radius 3 is 2.91 bits per heavy atom. The second kappa shape index (κ2) is 6.99. The number of aliphatic hydroxyl groups is 1. The summed E-state index contributed by atoms with van der Waals surface area (Å²) in [6.45, 7) is 5.52. The first-order chi connectivity index (χ1) is 10.4. The van der Waals surface area contributed by atoms with Crippen molar-refractivity contribution >= 4 is 17.5 Å². The van der Waals surface area contributed by atoms with E-state index in [1.807, 2.05) is 24.8 Å². The van der Waals surface area contributed by atoms with Crippen LogP contribution in [0.4, 0.5) is 0 Å². The van der Waals surface area contributed by atoms with Crippen molar-refractivity contribution in [1.29, 1.82) is 0 Å². The van der Waals surface area contributed by atoms with Crippen molar-refractivity contribution < 1.29 is 14.6 Å². The van der Waals surface area contributed by atoms with Crippen LogP contribution in [0.5, 0.6) is 0 Å². The van der Waals surface area contributed by atoms with E-state index in [4.69, 9.17) is 16.3 Å². The fourth-order valence-electron chi connectivity index (χ4n) is 3.00. The van der Waals surface area contributed by atoms with Gasteiger partial charge in [-0.1, -0.05) is 24.6 Å². The average molecular weight is 326 g/mol. The summed E-state index contributed by atoms with van der Waals surface area (Å²) < 4.78 is 5.08. The molecular weight excluding hydrogens is 302 g/mol. The van der Waals surface area contributed by atoms with Gasteiger partial charge in [-0.3, -0.25) is 4.79 Å². The molecule has 22 heavy (non-hydrogen) atoms. The van der Waals surface area contributed by atoms with Gasteiger partial charge in [0.05, 0.1) is 5.60 Å². The average Bonchev–Trinajstić information content (AvgIpc) is 2.50. The summed E-state index contributed by atoms with van der Waals surface area (Å²) in [7, 11) is 1.63. The molecule has 0 spiro atoms. The Bertz CT molecular complexity index is 549. The molecule has 0 saturated carbocycles. The summed E-state index contributed by atoms with van der Waals surface area (Å²) in [6, 6.07) is 5.36. The number of methoxy groups -OCH3 is 1. The third kappa shape index (κ3) is 3.62. The molecule has 2 rings (SSSR count). The Hall–Kier alpha value is -1.10. The standard InChI is InChI=1S/C17H24ClNO3/c1-12-4-5-14(18)10-15(12)16(20)19-8-6-17(21,7-9-22-3)13(2)11-19/h4-5,10,13,21H,6-9,11H2,1-3H3/t13-,17-/m1/s1. The SMILES string of the molecule is COCC[C@]1(O)CCN(C(=O)c2cc(Cl)ccc2C)C[C@H]1C. The summed E-state index contributed by atoms with van der Waals surface area (Å²) in [5.74, 6) is 0.000446. The number of hydrogen-bond acceptors (Lipinski definition) is 3. The molecule has 1 aliphatic rings. The number of carbonyl (C=O) groups excluding carboxylic acids is 1. The lowest BCUT2D eigenvalue weighted by Gasteiger charge is -2.43. The fourth-order valence-corrected chi connectivity index (χ4v) is 3.17. The lowest BCUT2D eigenvalue weighted by atomic mass is 9.79. The highest BCUT2D eigenvalue weighted by atomic mass is 35.5. The maximum absolute atomic E-state index is 12.7. The monoisotopic (exact) mass is 325 g/mol. The minimum absolute atomic E-state index is 0.0133. The van der Waals surface area contributed by atoms with Crippen LogP contribution in [0.2, 0.25) is 5.02 Å². The minimum atomic E-state index is -0.754. The van der Waals surface area contributed by atoms with E-state index >= 15 is 0 Å². The van der Waals surface area contributed by atoms with Gasteiger partial charge in [0.15, 0.2) is 0 Å². The zero-order valence-corrected chi connectivity index (χ0v) is 14.2. The van der Waals surface area contributed by atoms with Gasteiger partial charge >= 0.3 is 0 Å². The second-order valence-corrected chi connectivity index (χ2v) is 6.64. The topological polar surface area (TPSA) is 49.8 Å². The first-order valence-electron chi connectivity index (χ1n) is 7.64. The van der Waals surface area contributed by atoms with Crippen LogP contribution in [-0.2, 0) is 4.74 Å². The number of piperidine rings is 1. The smallest absolute Gasteiger partial charge is 0.254 e. The van der Waals surface area contributed by atoms with Crippen LogP contribution in [0.25, 0.3) is 0 Å². The summed E-state index contributed by atoms with van der Waals surface area (Å²) >= 11 is 6.01. The largest absolute Gasteiger partial charge is 0.389 e. The molecule has 1 N–H and O–H groups in total. The Labute approximate surface area is 137 Å². The predicted molar refractivity (Wildman–Crippen MR) is 87.3 cm³/mol. The van der Waals surface area contributed by atoms with E-state index in [9.17, 15) is 9.90 Å². The third-order valence-corrected chi connectivity index (χ3v) is 4.92. The number of halogens is 1. The van der Waals surface area contributed by atoms with E-state index in [-0.39, 0.29) is 11.8 Å². The van der Waals surface area contributed by atoms with E-state index in [1.165, 1.54) is 0 Å². The molecular formula is C17H24ClNO3. The van der Waals surface area contributed by atoms with Crippen LogP contribution >= 0.6 is 11.6 Å². The maximum Gasteiger partial charge on any atom is 0.254 e. The van der Waals surface area contributed by atoms with E-state index < -0.39 is 5.60 Å². The molecule has 1 aromatic rings. The molecule has 0 radical (unpaired) electrons. The number of nitrogens with zero attached hydrogens (tertiary/aromatic N) is 1. The summed E-state index contributed by atoms with van der Waals surface area (Å²) in [5.41, 5.74) is 0.806. The lowest BCUT2D eigenvalue weighted by Crippen LogP contribution is -2.53. The molecule has 1 aromatic carbocycles. The molecule has 0 aromatic heterocycles. The Balaban J connectivity index is 2.09. The third-order valence-electron chi connectivity index (χ3n) is 4.68. The van der Waals surface area contributed by atoms with Crippen molar-refractivity contribution in [3.63, 3.8) is 0 Å².